The van der Waals surface area contributed by atoms with E-state index in [0.717, 1.165) is 11.8 Å². The van der Waals surface area contributed by atoms with Crippen LogP contribution in [0.15, 0.2) is 28.1 Å². The molecule has 3 atom stereocenters. The van der Waals surface area contributed by atoms with Crippen LogP contribution in [0.1, 0.15) is 37.8 Å². The molecule has 0 saturated heterocycles. The standard InChI is InChI=1S/C16H20BrNS/c1-10-5-3-6-11(10)15(18-2)13-9-19-16-12(13)7-4-8-14(16)17/h4,7-11,15,18H,3,5-6H2,1-2H3. The molecule has 3 unspecified atom stereocenters. The Kier molecular flexibility index (Phi) is 3.97. The second-order valence-electron chi connectivity index (χ2n) is 5.65. The maximum Gasteiger partial charge on any atom is 0.0488 e. The molecule has 0 radical (unpaired) electrons. The summed E-state index contributed by atoms with van der Waals surface area (Å²) in [5.41, 5.74) is 1.49. The van der Waals surface area contributed by atoms with Crippen molar-refractivity contribution in [2.45, 2.75) is 32.2 Å². The van der Waals surface area contributed by atoms with Crippen LogP contribution in [0, 0.1) is 11.8 Å². The van der Waals surface area contributed by atoms with Gasteiger partial charge < -0.3 is 5.32 Å². The van der Waals surface area contributed by atoms with E-state index in [4.69, 9.17) is 0 Å². The van der Waals surface area contributed by atoms with Crippen LogP contribution >= 0.6 is 27.3 Å². The Morgan fingerprint density at radius 1 is 1.37 bits per heavy atom. The van der Waals surface area contributed by atoms with Gasteiger partial charge in [0.2, 0.25) is 0 Å². The molecule has 1 fully saturated rings. The number of thiophene rings is 1. The molecule has 1 N–H and O–H groups in total. The lowest BCUT2D eigenvalue weighted by atomic mass is 9.86. The number of rotatable bonds is 3. The fourth-order valence-corrected chi connectivity index (χ4v) is 5.21. The number of fused-ring (bicyclic) bond motifs is 1. The third-order valence-corrected chi connectivity index (χ3v) is 6.55. The van der Waals surface area contributed by atoms with Gasteiger partial charge in [-0.15, -0.1) is 11.3 Å². The largest absolute Gasteiger partial charge is 0.313 e. The minimum Gasteiger partial charge on any atom is -0.313 e. The van der Waals surface area contributed by atoms with Crippen molar-refractivity contribution in [2.75, 3.05) is 7.05 Å². The molecule has 3 rings (SSSR count). The SMILES string of the molecule is CNC(c1csc2c(Br)cccc12)C1CCCC1C. The van der Waals surface area contributed by atoms with Gasteiger partial charge in [-0.2, -0.15) is 0 Å². The van der Waals surface area contributed by atoms with Gasteiger partial charge in [0, 0.05) is 15.2 Å². The topological polar surface area (TPSA) is 12.0 Å². The van der Waals surface area contributed by atoms with Gasteiger partial charge in [0.1, 0.15) is 0 Å². The second kappa shape index (κ2) is 5.55. The van der Waals surface area contributed by atoms with Crippen molar-refractivity contribution >= 4 is 37.4 Å². The first-order chi connectivity index (χ1) is 9.22. The minimum absolute atomic E-state index is 0.501. The Hall–Kier alpha value is -0.380. The molecule has 1 nitrogen and oxygen atoms in total. The molecular formula is C16H20BrNS. The molecule has 2 aromatic rings. The molecule has 1 heterocycles. The normalized spacial score (nSPS) is 25.0. The maximum atomic E-state index is 3.67. The number of hydrogen-bond acceptors (Lipinski definition) is 2. The number of halogens is 1. The number of benzene rings is 1. The predicted octanol–water partition coefficient (Wildman–Crippen LogP) is 5.36. The van der Waals surface area contributed by atoms with Crippen molar-refractivity contribution in [1.82, 2.24) is 5.32 Å². The van der Waals surface area contributed by atoms with E-state index in [1.165, 1.54) is 39.4 Å². The van der Waals surface area contributed by atoms with E-state index in [0.29, 0.717) is 6.04 Å². The van der Waals surface area contributed by atoms with Crippen LogP contribution in [0.5, 0.6) is 0 Å². The zero-order valence-corrected chi connectivity index (χ0v) is 13.9. The van der Waals surface area contributed by atoms with Crippen molar-refractivity contribution in [1.29, 1.82) is 0 Å². The molecule has 19 heavy (non-hydrogen) atoms. The lowest BCUT2D eigenvalue weighted by molar-refractivity contribution is 0.317. The number of nitrogens with one attached hydrogen (secondary N) is 1. The highest BCUT2D eigenvalue weighted by molar-refractivity contribution is 9.10. The van der Waals surface area contributed by atoms with Crippen molar-refractivity contribution in [3.05, 3.63) is 33.6 Å². The first kappa shape index (κ1) is 13.6. The van der Waals surface area contributed by atoms with Crippen LogP contribution in [-0.2, 0) is 0 Å². The Balaban J connectivity index is 2.04. The number of hydrogen-bond donors (Lipinski definition) is 1. The van der Waals surface area contributed by atoms with Gasteiger partial charge in [-0.3, -0.25) is 0 Å². The predicted molar refractivity (Wildman–Crippen MR) is 87.8 cm³/mol. The van der Waals surface area contributed by atoms with E-state index in [2.05, 4.69) is 58.8 Å². The fraction of sp³-hybridized carbons (Fsp3) is 0.500. The van der Waals surface area contributed by atoms with Crippen LogP contribution in [-0.4, -0.2) is 7.05 Å². The average Bonchev–Trinajstić information content (AvgIpc) is 3.00. The highest BCUT2D eigenvalue weighted by atomic mass is 79.9. The molecule has 1 aromatic heterocycles. The van der Waals surface area contributed by atoms with Crippen molar-refractivity contribution in [2.24, 2.45) is 11.8 Å². The van der Waals surface area contributed by atoms with Crippen molar-refractivity contribution in [3.63, 3.8) is 0 Å². The molecule has 102 valence electrons. The van der Waals surface area contributed by atoms with E-state index in [9.17, 15) is 0 Å². The summed E-state index contributed by atoms with van der Waals surface area (Å²) in [4.78, 5) is 0. The first-order valence-electron chi connectivity index (χ1n) is 7.05. The van der Waals surface area contributed by atoms with Gasteiger partial charge in [-0.1, -0.05) is 31.9 Å². The van der Waals surface area contributed by atoms with E-state index in [1.807, 2.05) is 11.3 Å². The summed E-state index contributed by atoms with van der Waals surface area (Å²) in [6.07, 6.45) is 4.13. The summed E-state index contributed by atoms with van der Waals surface area (Å²) >= 11 is 5.52. The molecule has 0 spiro atoms. The highest BCUT2D eigenvalue weighted by Gasteiger charge is 2.32. The smallest absolute Gasteiger partial charge is 0.0488 e. The van der Waals surface area contributed by atoms with Crippen LogP contribution in [0.3, 0.4) is 0 Å². The van der Waals surface area contributed by atoms with Gasteiger partial charge >= 0.3 is 0 Å². The van der Waals surface area contributed by atoms with Gasteiger partial charge in [-0.25, -0.2) is 0 Å². The minimum atomic E-state index is 0.501. The maximum absolute atomic E-state index is 3.67. The molecule has 0 aliphatic heterocycles. The summed E-state index contributed by atoms with van der Waals surface area (Å²) in [6, 6.07) is 7.04. The van der Waals surface area contributed by atoms with E-state index >= 15 is 0 Å². The van der Waals surface area contributed by atoms with Gasteiger partial charge in [0.05, 0.1) is 0 Å². The lowest BCUT2D eigenvalue weighted by Crippen LogP contribution is -2.26. The molecular weight excluding hydrogens is 318 g/mol. The summed E-state index contributed by atoms with van der Waals surface area (Å²) in [6.45, 7) is 2.41. The summed E-state index contributed by atoms with van der Waals surface area (Å²) in [5, 5.41) is 7.34. The van der Waals surface area contributed by atoms with E-state index in [-0.39, 0.29) is 0 Å². The summed E-state index contributed by atoms with van der Waals surface area (Å²) < 4.78 is 2.60. The molecule has 1 aromatic carbocycles. The molecule has 0 amide bonds. The van der Waals surface area contributed by atoms with Gasteiger partial charge in [-0.05, 0) is 63.6 Å². The van der Waals surface area contributed by atoms with Crippen molar-refractivity contribution in [3.8, 4) is 0 Å². The van der Waals surface area contributed by atoms with Crippen LogP contribution in [0.25, 0.3) is 10.1 Å². The van der Waals surface area contributed by atoms with Gasteiger partial charge in [0.15, 0.2) is 0 Å². The molecule has 0 bridgehead atoms. The summed E-state index contributed by atoms with van der Waals surface area (Å²) in [5.74, 6) is 1.61. The monoisotopic (exact) mass is 337 g/mol. The van der Waals surface area contributed by atoms with Gasteiger partial charge in [0.25, 0.3) is 0 Å². The molecule has 1 saturated carbocycles. The first-order valence-corrected chi connectivity index (χ1v) is 8.72. The van der Waals surface area contributed by atoms with E-state index in [1.54, 1.807) is 0 Å². The van der Waals surface area contributed by atoms with Crippen LogP contribution in [0.4, 0.5) is 0 Å². The van der Waals surface area contributed by atoms with Crippen LogP contribution in [0.2, 0.25) is 0 Å². The Morgan fingerprint density at radius 2 is 2.21 bits per heavy atom. The molecule has 1 aliphatic rings. The third kappa shape index (κ3) is 2.37. The zero-order chi connectivity index (χ0) is 13.4. The second-order valence-corrected chi connectivity index (χ2v) is 7.38. The Bertz CT molecular complexity index is 577. The lowest BCUT2D eigenvalue weighted by Gasteiger charge is -2.26. The Morgan fingerprint density at radius 3 is 2.89 bits per heavy atom. The molecule has 3 heteroatoms. The fourth-order valence-electron chi connectivity index (χ4n) is 3.55. The van der Waals surface area contributed by atoms with Crippen LogP contribution < -0.4 is 5.32 Å². The van der Waals surface area contributed by atoms with Crippen molar-refractivity contribution < 1.29 is 0 Å². The molecule has 1 aliphatic carbocycles. The Labute approximate surface area is 127 Å². The zero-order valence-electron chi connectivity index (χ0n) is 11.4. The van der Waals surface area contributed by atoms with E-state index < -0.39 is 0 Å². The highest BCUT2D eigenvalue weighted by Crippen LogP contribution is 2.44. The summed E-state index contributed by atoms with van der Waals surface area (Å²) in [7, 11) is 2.11. The quantitative estimate of drug-likeness (QED) is 0.794. The average molecular weight is 338 g/mol. The third-order valence-electron chi connectivity index (χ3n) is 4.58.